The van der Waals surface area contributed by atoms with Crippen LogP contribution in [0.15, 0.2) is 91.0 Å². The number of amides is 3. The number of urea groups is 1. The van der Waals surface area contributed by atoms with Crippen LogP contribution in [0.1, 0.15) is 46.2 Å². The van der Waals surface area contributed by atoms with Crippen molar-refractivity contribution in [2.45, 2.75) is 52.0 Å². The van der Waals surface area contributed by atoms with Crippen LogP contribution >= 0.6 is 0 Å². The van der Waals surface area contributed by atoms with E-state index in [0.29, 0.717) is 24.5 Å². The monoisotopic (exact) mass is 618 g/mol. The largest absolute Gasteiger partial charge is 0.491 e. The molecule has 0 bridgehead atoms. The van der Waals surface area contributed by atoms with Gasteiger partial charge in [0.1, 0.15) is 31.3 Å². The molecule has 237 valence electrons. The summed E-state index contributed by atoms with van der Waals surface area (Å²) in [5, 5.41) is 2.75. The fourth-order valence-corrected chi connectivity index (χ4v) is 5.90. The minimum atomic E-state index is -0.705. The molecule has 1 unspecified atom stereocenters. The molecular formula is C38H40N3O5. The van der Waals surface area contributed by atoms with Gasteiger partial charge in [0, 0.05) is 31.1 Å². The number of carbonyl (C=O) groups excluding carboxylic acids is 2. The summed E-state index contributed by atoms with van der Waals surface area (Å²) in [5.74, 6) is 1.22. The van der Waals surface area contributed by atoms with Crippen molar-refractivity contribution < 1.29 is 23.8 Å². The molecule has 8 heteroatoms. The molecule has 4 aromatic carbocycles. The summed E-state index contributed by atoms with van der Waals surface area (Å²) in [7, 11) is 0. The zero-order valence-corrected chi connectivity index (χ0v) is 26.2. The van der Waals surface area contributed by atoms with Gasteiger partial charge in [-0.25, -0.2) is 14.5 Å². The first-order chi connectivity index (χ1) is 22.5. The number of benzene rings is 4. The van der Waals surface area contributed by atoms with Crippen molar-refractivity contribution >= 4 is 12.1 Å². The summed E-state index contributed by atoms with van der Waals surface area (Å²) in [6, 6.07) is 32.1. The summed E-state index contributed by atoms with van der Waals surface area (Å²) in [5.41, 5.74) is 6.55. The van der Waals surface area contributed by atoms with Crippen molar-refractivity contribution in [1.82, 2.24) is 15.1 Å². The Balaban J connectivity index is 1.16. The number of nitrogens with zero attached hydrogens (tertiary/aromatic N) is 2. The molecule has 0 spiro atoms. The number of rotatable bonds is 12. The molecule has 1 radical (unpaired) electrons. The lowest BCUT2D eigenvalue weighted by Gasteiger charge is -2.22. The van der Waals surface area contributed by atoms with Crippen molar-refractivity contribution in [3.05, 3.63) is 130 Å². The van der Waals surface area contributed by atoms with Crippen LogP contribution in [0, 0.1) is 13.0 Å². The van der Waals surface area contributed by atoms with Crippen LogP contribution in [0.2, 0.25) is 0 Å². The van der Waals surface area contributed by atoms with Gasteiger partial charge in [0.2, 0.25) is 0 Å². The smallest absolute Gasteiger partial charge is 0.418 e. The third-order valence-electron chi connectivity index (χ3n) is 8.49. The fraction of sp³-hybridized carbons (Fsp3) is 0.316. The van der Waals surface area contributed by atoms with Gasteiger partial charge >= 0.3 is 12.1 Å². The molecule has 0 saturated carbocycles. The first kappa shape index (κ1) is 31.2. The zero-order valence-electron chi connectivity index (χ0n) is 26.2. The van der Waals surface area contributed by atoms with Crippen LogP contribution in [-0.4, -0.2) is 54.2 Å². The van der Waals surface area contributed by atoms with Gasteiger partial charge in [-0.05, 0) is 72.8 Å². The van der Waals surface area contributed by atoms with E-state index in [0.717, 1.165) is 33.7 Å². The van der Waals surface area contributed by atoms with Gasteiger partial charge in [-0.15, -0.1) is 0 Å². The molecule has 2 heterocycles. The predicted molar refractivity (Wildman–Crippen MR) is 176 cm³/mol. The van der Waals surface area contributed by atoms with E-state index in [1.807, 2.05) is 72.8 Å². The maximum atomic E-state index is 13.0. The van der Waals surface area contributed by atoms with Gasteiger partial charge in [0.15, 0.2) is 0 Å². The lowest BCUT2D eigenvalue weighted by Crippen LogP contribution is -2.42. The van der Waals surface area contributed by atoms with Crippen LogP contribution < -0.4 is 14.8 Å². The topological polar surface area (TPSA) is 80.3 Å². The lowest BCUT2D eigenvalue weighted by molar-refractivity contribution is 0.0926. The van der Waals surface area contributed by atoms with Crippen molar-refractivity contribution in [1.29, 1.82) is 0 Å². The first-order valence-electron chi connectivity index (χ1n) is 15.9. The average Bonchev–Trinajstić information content (AvgIpc) is 3.74. The summed E-state index contributed by atoms with van der Waals surface area (Å²) >= 11 is 0. The third-order valence-corrected chi connectivity index (χ3v) is 8.49. The molecule has 2 fully saturated rings. The molecule has 8 nitrogen and oxygen atoms in total. The molecule has 2 aliphatic rings. The van der Waals surface area contributed by atoms with Gasteiger partial charge in [-0.3, -0.25) is 4.90 Å². The summed E-state index contributed by atoms with van der Waals surface area (Å²) in [6.07, 6.45) is 2.46. The molecule has 1 N–H and O–H groups in total. The average molecular weight is 619 g/mol. The Morgan fingerprint density at radius 2 is 1.61 bits per heavy atom. The quantitative estimate of drug-likeness (QED) is 0.191. The number of imide groups is 1. The van der Waals surface area contributed by atoms with E-state index in [9.17, 15) is 9.59 Å². The molecule has 3 amide bonds. The van der Waals surface area contributed by atoms with E-state index in [-0.39, 0.29) is 19.8 Å². The highest BCUT2D eigenvalue weighted by atomic mass is 16.6. The number of aryl methyl sites for hydroxylation is 1. The lowest BCUT2D eigenvalue weighted by atomic mass is 9.99. The number of hydrogen-bond acceptors (Lipinski definition) is 6. The third kappa shape index (κ3) is 8.06. The van der Waals surface area contributed by atoms with Gasteiger partial charge in [0.25, 0.3) is 0 Å². The van der Waals surface area contributed by atoms with Crippen LogP contribution in [-0.2, 0) is 30.9 Å². The SMILES string of the molecule is Cc1cc(Cc2[c]cc(OCc3ccccc3)cc2OCC2CNC(=O)N2C(=O)OCc2ccccc2)ccc1CN1CCCC1. The van der Waals surface area contributed by atoms with E-state index >= 15 is 0 Å². The van der Waals surface area contributed by atoms with Crippen molar-refractivity contribution in [2.75, 3.05) is 26.2 Å². The Morgan fingerprint density at radius 3 is 2.33 bits per heavy atom. The van der Waals surface area contributed by atoms with E-state index in [1.165, 1.54) is 37.1 Å². The van der Waals surface area contributed by atoms with Crippen molar-refractivity contribution in [3.8, 4) is 11.5 Å². The van der Waals surface area contributed by atoms with Gasteiger partial charge in [0.05, 0.1) is 6.04 Å². The maximum absolute atomic E-state index is 13.0. The Kier molecular flexibility index (Phi) is 10.1. The highest BCUT2D eigenvalue weighted by Gasteiger charge is 2.37. The first-order valence-corrected chi connectivity index (χ1v) is 15.9. The second-order valence-corrected chi connectivity index (χ2v) is 11.9. The Bertz CT molecular complexity index is 1620. The van der Waals surface area contributed by atoms with Crippen molar-refractivity contribution in [3.63, 3.8) is 0 Å². The van der Waals surface area contributed by atoms with Crippen LogP contribution in [0.4, 0.5) is 9.59 Å². The minimum absolute atomic E-state index is 0.0766. The van der Waals surface area contributed by atoms with Crippen molar-refractivity contribution in [2.24, 2.45) is 0 Å². The second kappa shape index (κ2) is 15.0. The van der Waals surface area contributed by atoms with E-state index < -0.39 is 18.2 Å². The van der Waals surface area contributed by atoms with Gasteiger partial charge < -0.3 is 19.5 Å². The molecule has 2 aliphatic heterocycles. The molecule has 4 aromatic rings. The molecular weight excluding hydrogens is 578 g/mol. The number of ether oxygens (including phenoxy) is 3. The molecule has 1 atom stereocenters. The summed E-state index contributed by atoms with van der Waals surface area (Å²) < 4.78 is 17.9. The highest BCUT2D eigenvalue weighted by molar-refractivity contribution is 5.93. The molecule has 0 aliphatic carbocycles. The van der Waals surface area contributed by atoms with E-state index in [1.54, 1.807) is 0 Å². The number of nitrogens with one attached hydrogen (secondary N) is 1. The normalized spacial score (nSPS) is 16.3. The minimum Gasteiger partial charge on any atom is -0.491 e. The second-order valence-electron chi connectivity index (χ2n) is 11.9. The summed E-state index contributed by atoms with van der Waals surface area (Å²) in [6.45, 7) is 6.33. The van der Waals surface area contributed by atoms with E-state index in [4.69, 9.17) is 14.2 Å². The number of carbonyl (C=O) groups is 2. The van der Waals surface area contributed by atoms with Gasteiger partial charge in [-0.2, -0.15) is 0 Å². The maximum Gasteiger partial charge on any atom is 0.418 e. The van der Waals surface area contributed by atoms with Crippen LogP contribution in [0.3, 0.4) is 0 Å². The Labute approximate surface area is 270 Å². The van der Waals surface area contributed by atoms with E-state index in [2.05, 4.69) is 41.4 Å². The zero-order chi connectivity index (χ0) is 31.7. The predicted octanol–water partition coefficient (Wildman–Crippen LogP) is 6.67. The number of likely N-dealkylation sites (tertiary alicyclic amines) is 1. The number of hydrogen-bond donors (Lipinski definition) is 1. The Morgan fingerprint density at radius 1 is 0.891 bits per heavy atom. The summed E-state index contributed by atoms with van der Waals surface area (Å²) in [4.78, 5) is 29.2. The molecule has 46 heavy (non-hydrogen) atoms. The molecule has 0 aromatic heterocycles. The fourth-order valence-electron chi connectivity index (χ4n) is 5.90. The molecule has 2 saturated heterocycles. The van der Waals surface area contributed by atoms with Crippen LogP contribution in [0.5, 0.6) is 11.5 Å². The Hall–Kier alpha value is -4.82. The van der Waals surface area contributed by atoms with Gasteiger partial charge in [-0.1, -0.05) is 78.9 Å². The van der Waals surface area contributed by atoms with Crippen LogP contribution in [0.25, 0.3) is 0 Å². The molecule has 6 rings (SSSR count). The standard InChI is InChI=1S/C38H40N3O5/c1-28-20-31(14-15-33(28)24-40-18-8-9-19-40)21-32-16-17-35(44-25-29-10-4-2-5-11-29)22-36(32)45-27-34-23-39-37(42)41(34)38(43)46-26-30-12-6-3-7-13-30/h2-7,10-15,17,20,22,34H,8-9,18-19,21,23-27H2,1H3,(H,39,42). The highest BCUT2D eigenvalue weighted by Crippen LogP contribution is 2.29.